The van der Waals surface area contributed by atoms with E-state index >= 15 is 0 Å². The number of benzene rings is 1. The zero-order valence-electron chi connectivity index (χ0n) is 13.5. The first-order valence-corrected chi connectivity index (χ1v) is 8.05. The molecule has 1 aliphatic carbocycles. The van der Waals surface area contributed by atoms with Crippen LogP contribution in [0, 0.1) is 12.7 Å². The van der Waals surface area contributed by atoms with Gasteiger partial charge in [-0.25, -0.2) is 4.39 Å². The van der Waals surface area contributed by atoms with E-state index in [4.69, 9.17) is 4.52 Å². The van der Waals surface area contributed by atoms with Gasteiger partial charge in [-0.1, -0.05) is 17.3 Å². The molecule has 0 saturated heterocycles. The van der Waals surface area contributed by atoms with Crippen molar-refractivity contribution in [3.8, 4) is 0 Å². The van der Waals surface area contributed by atoms with Crippen LogP contribution in [0.3, 0.4) is 0 Å². The Balaban J connectivity index is 1.59. The molecule has 1 fully saturated rings. The molecule has 1 aliphatic rings. The average molecular weight is 333 g/mol. The number of hydrogen-bond acceptors (Lipinski definition) is 5. The molecule has 6 nitrogen and oxygen atoms in total. The lowest BCUT2D eigenvalue weighted by Crippen LogP contribution is -2.36. The van der Waals surface area contributed by atoms with E-state index in [-0.39, 0.29) is 30.7 Å². The molecule has 1 saturated carbocycles. The Hall–Kier alpha value is -2.28. The molecule has 0 radical (unpaired) electrons. The number of hydrogen-bond donors (Lipinski definition) is 1. The molecule has 2 aromatic rings. The lowest BCUT2D eigenvalue weighted by Gasteiger charge is -2.25. The molecule has 3 rings (SSSR count). The van der Waals surface area contributed by atoms with Gasteiger partial charge in [0.05, 0.1) is 12.6 Å². The number of nitrogens with zero attached hydrogens (tertiary/aromatic N) is 3. The van der Waals surface area contributed by atoms with Gasteiger partial charge in [0.15, 0.2) is 5.82 Å². The minimum atomic E-state index is -0.833. The molecule has 1 amide bonds. The Kier molecular flexibility index (Phi) is 4.89. The fraction of sp³-hybridized carbons (Fsp3) is 0.471. The Bertz CT molecular complexity index is 697. The minimum Gasteiger partial charge on any atom is -0.387 e. The Morgan fingerprint density at radius 1 is 1.42 bits per heavy atom. The molecular weight excluding hydrogens is 313 g/mol. The molecule has 0 aliphatic heterocycles. The molecule has 0 bridgehead atoms. The number of aliphatic hydroxyl groups is 1. The van der Waals surface area contributed by atoms with Crippen LogP contribution in [0.15, 0.2) is 28.8 Å². The molecule has 0 spiro atoms. The van der Waals surface area contributed by atoms with E-state index in [0.29, 0.717) is 23.7 Å². The molecule has 1 aromatic carbocycles. The van der Waals surface area contributed by atoms with Gasteiger partial charge in [0.25, 0.3) is 0 Å². The van der Waals surface area contributed by atoms with Gasteiger partial charge in [0.2, 0.25) is 11.8 Å². The van der Waals surface area contributed by atoms with E-state index in [1.54, 1.807) is 11.8 Å². The van der Waals surface area contributed by atoms with Crippen molar-refractivity contribution in [2.45, 2.75) is 44.8 Å². The lowest BCUT2D eigenvalue weighted by atomic mass is 10.1. The van der Waals surface area contributed by atoms with Crippen LogP contribution < -0.4 is 0 Å². The number of halogens is 1. The third-order valence-electron chi connectivity index (χ3n) is 4.05. The van der Waals surface area contributed by atoms with E-state index in [1.165, 1.54) is 24.3 Å². The second-order valence-electron chi connectivity index (χ2n) is 6.08. The zero-order chi connectivity index (χ0) is 17.1. The maximum atomic E-state index is 13.0. The summed E-state index contributed by atoms with van der Waals surface area (Å²) in [7, 11) is 0. The summed E-state index contributed by atoms with van der Waals surface area (Å²) >= 11 is 0. The van der Waals surface area contributed by atoms with Crippen LogP contribution in [0.25, 0.3) is 0 Å². The van der Waals surface area contributed by atoms with Gasteiger partial charge in [0.1, 0.15) is 5.82 Å². The molecule has 1 heterocycles. The van der Waals surface area contributed by atoms with Crippen LogP contribution in [-0.4, -0.2) is 38.6 Å². The van der Waals surface area contributed by atoms with E-state index in [2.05, 4.69) is 10.1 Å². The third-order valence-corrected chi connectivity index (χ3v) is 4.05. The lowest BCUT2D eigenvalue weighted by molar-refractivity contribution is -0.133. The third kappa shape index (κ3) is 4.17. The molecule has 1 N–H and O–H groups in total. The van der Waals surface area contributed by atoms with Crippen LogP contribution in [0.1, 0.15) is 42.6 Å². The Morgan fingerprint density at radius 3 is 2.71 bits per heavy atom. The summed E-state index contributed by atoms with van der Waals surface area (Å²) in [4.78, 5) is 18.3. The van der Waals surface area contributed by atoms with Crippen LogP contribution in [0.2, 0.25) is 0 Å². The minimum absolute atomic E-state index is 0.0467. The zero-order valence-corrected chi connectivity index (χ0v) is 13.5. The first-order chi connectivity index (χ1) is 11.5. The van der Waals surface area contributed by atoms with Crippen molar-refractivity contribution in [1.82, 2.24) is 15.0 Å². The average Bonchev–Trinajstić information content (AvgIpc) is 3.32. The summed E-state index contributed by atoms with van der Waals surface area (Å²) in [5.41, 5.74) is 0.599. The van der Waals surface area contributed by atoms with Gasteiger partial charge in [-0.2, -0.15) is 4.98 Å². The maximum Gasteiger partial charge on any atom is 0.227 e. The number of carbonyl (C=O) groups is 1. The highest BCUT2D eigenvalue weighted by Gasteiger charge is 2.33. The monoisotopic (exact) mass is 333 g/mol. The van der Waals surface area contributed by atoms with E-state index in [0.717, 1.165) is 12.8 Å². The van der Waals surface area contributed by atoms with Gasteiger partial charge < -0.3 is 14.5 Å². The first-order valence-electron chi connectivity index (χ1n) is 8.05. The molecule has 24 heavy (non-hydrogen) atoms. The summed E-state index contributed by atoms with van der Waals surface area (Å²) < 4.78 is 18.0. The second kappa shape index (κ2) is 7.09. The van der Waals surface area contributed by atoms with Crippen molar-refractivity contribution in [1.29, 1.82) is 0 Å². The standard InChI is InChI=1S/C17H20FN3O3/c1-11-19-16(24-20-11)8-9-17(23)21(14-6-7-14)10-15(22)12-2-4-13(18)5-3-12/h2-5,14-15,22H,6-10H2,1H3. The molecule has 1 atom stereocenters. The van der Waals surface area contributed by atoms with E-state index in [1.807, 2.05) is 0 Å². The maximum absolute atomic E-state index is 13.0. The van der Waals surface area contributed by atoms with Crippen LogP contribution >= 0.6 is 0 Å². The van der Waals surface area contributed by atoms with Crippen molar-refractivity contribution >= 4 is 5.91 Å². The quantitative estimate of drug-likeness (QED) is 0.840. The highest BCUT2D eigenvalue weighted by atomic mass is 19.1. The van der Waals surface area contributed by atoms with Crippen molar-refractivity contribution in [3.05, 3.63) is 47.4 Å². The van der Waals surface area contributed by atoms with Crippen molar-refractivity contribution in [2.24, 2.45) is 0 Å². The van der Waals surface area contributed by atoms with Crippen molar-refractivity contribution < 1.29 is 18.8 Å². The smallest absolute Gasteiger partial charge is 0.227 e. The number of aromatic nitrogens is 2. The second-order valence-corrected chi connectivity index (χ2v) is 6.08. The summed E-state index contributed by atoms with van der Waals surface area (Å²) in [5.74, 6) is 0.587. The van der Waals surface area contributed by atoms with E-state index in [9.17, 15) is 14.3 Å². The summed E-state index contributed by atoms with van der Waals surface area (Å²) in [6, 6.07) is 5.87. The van der Waals surface area contributed by atoms with Crippen LogP contribution in [0.4, 0.5) is 4.39 Å². The van der Waals surface area contributed by atoms with Gasteiger partial charge in [-0.15, -0.1) is 0 Å². The van der Waals surface area contributed by atoms with E-state index < -0.39 is 6.10 Å². The fourth-order valence-electron chi connectivity index (χ4n) is 2.62. The summed E-state index contributed by atoms with van der Waals surface area (Å²) in [6.45, 7) is 1.93. The number of carbonyl (C=O) groups excluding carboxylic acids is 1. The normalized spacial score (nSPS) is 15.3. The van der Waals surface area contributed by atoms with Gasteiger partial charge in [-0.05, 0) is 37.5 Å². The predicted molar refractivity (Wildman–Crippen MR) is 83.5 cm³/mol. The fourth-order valence-corrected chi connectivity index (χ4v) is 2.62. The molecule has 1 unspecified atom stereocenters. The highest BCUT2D eigenvalue weighted by molar-refractivity contribution is 5.77. The van der Waals surface area contributed by atoms with Crippen LogP contribution in [-0.2, 0) is 11.2 Å². The van der Waals surface area contributed by atoms with Gasteiger partial charge >= 0.3 is 0 Å². The SMILES string of the molecule is Cc1noc(CCC(=O)N(CC(O)c2ccc(F)cc2)C2CC2)n1. The van der Waals surface area contributed by atoms with Gasteiger partial charge in [0, 0.05) is 18.9 Å². The van der Waals surface area contributed by atoms with Crippen molar-refractivity contribution in [2.75, 3.05) is 6.54 Å². The Morgan fingerprint density at radius 2 is 2.12 bits per heavy atom. The topological polar surface area (TPSA) is 79.5 Å². The number of aliphatic hydroxyl groups excluding tert-OH is 1. The first kappa shape index (κ1) is 16.6. The van der Waals surface area contributed by atoms with Gasteiger partial charge in [-0.3, -0.25) is 4.79 Å². The number of aryl methyl sites for hydroxylation is 2. The molecule has 1 aromatic heterocycles. The molecule has 128 valence electrons. The predicted octanol–water partition coefficient (Wildman–Crippen LogP) is 2.17. The largest absolute Gasteiger partial charge is 0.387 e. The van der Waals surface area contributed by atoms with Crippen molar-refractivity contribution in [3.63, 3.8) is 0 Å². The molecule has 7 heteroatoms. The summed E-state index contributed by atoms with van der Waals surface area (Å²) in [5, 5.41) is 14.0. The number of amides is 1. The number of rotatable bonds is 7. The Labute approximate surface area is 139 Å². The highest BCUT2D eigenvalue weighted by Crippen LogP contribution is 2.29. The summed E-state index contributed by atoms with van der Waals surface area (Å²) in [6.07, 6.45) is 1.70. The van der Waals surface area contributed by atoms with Crippen LogP contribution in [0.5, 0.6) is 0 Å². The molecular formula is C17H20FN3O3.